The van der Waals surface area contributed by atoms with Crippen molar-refractivity contribution in [2.45, 2.75) is 187 Å². The number of hydrogen-bond acceptors (Lipinski definition) is 3. The Morgan fingerprint density at radius 2 is 0.977 bits per heavy atom. The highest BCUT2D eigenvalue weighted by Crippen LogP contribution is 2.12. The van der Waals surface area contributed by atoms with Crippen LogP contribution in [0.4, 0.5) is 0 Å². The number of amides is 1. The number of carbonyl (C=O) groups is 1. The lowest BCUT2D eigenvalue weighted by molar-refractivity contribution is -0.123. The highest BCUT2D eigenvalue weighted by molar-refractivity contribution is 5.76. The van der Waals surface area contributed by atoms with Crippen molar-refractivity contribution < 1.29 is 15.0 Å². The smallest absolute Gasteiger partial charge is 0.220 e. The Morgan fingerprint density at radius 3 is 1.53 bits per heavy atom. The van der Waals surface area contributed by atoms with Crippen LogP contribution >= 0.6 is 0 Å². The summed E-state index contributed by atoms with van der Waals surface area (Å²) in [7, 11) is 0. The molecule has 0 aliphatic carbocycles. The van der Waals surface area contributed by atoms with E-state index in [1.165, 1.54) is 109 Å². The van der Waals surface area contributed by atoms with E-state index in [1.807, 2.05) is 6.08 Å². The molecular weight excluding hydrogens is 530 g/mol. The summed E-state index contributed by atoms with van der Waals surface area (Å²) in [6.45, 7) is 4.24. The zero-order valence-electron chi connectivity index (χ0n) is 28.5. The second kappa shape index (κ2) is 34.8. The lowest BCUT2D eigenvalue weighted by Gasteiger charge is -2.19. The summed E-state index contributed by atoms with van der Waals surface area (Å²) in [6, 6.07) is -0.644. The third kappa shape index (κ3) is 31.6. The van der Waals surface area contributed by atoms with Crippen LogP contribution in [0.1, 0.15) is 174 Å². The molecule has 0 aliphatic heterocycles. The van der Waals surface area contributed by atoms with Crippen molar-refractivity contribution in [1.82, 2.24) is 5.32 Å². The number of rotatable bonds is 32. The largest absolute Gasteiger partial charge is 0.394 e. The summed E-state index contributed by atoms with van der Waals surface area (Å²) >= 11 is 0. The maximum atomic E-state index is 12.3. The summed E-state index contributed by atoms with van der Waals surface area (Å²) in [5.74, 6) is -0.0886. The first-order valence-electron chi connectivity index (χ1n) is 18.4. The number of unbranched alkanes of at least 4 members (excludes halogenated alkanes) is 20. The number of nitrogens with one attached hydrogen (secondary N) is 1. The monoisotopic (exact) mass is 602 g/mol. The Hall–Kier alpha value is -1.65. The van der Waals surface area contributed by atoms with E-state index in [0.29, 0.717) is 6.42 Å². The fraction of sp³-hybridized carbons (Fsp3) is 0.769. The van der Waals surface area contributed by atoms with Crippen LogP contribution in [-0.2, 0) is 4.79 Å². The Labute approximate surface area is 267 Å². The predicted octanol–water partition coefficient (Wildman–Crippen LogP) is 10.8. The van der Waals surface area contributed by atoms with E-state index in [0.717, 1.165) is 44.9 Å². The van der Waals surface area contributed by atoms with Crippen LogP contribution in [0.3, 0.4) is 0 Å². The summed E-state index contributed by atoms with van der Waals surface area (Å²) in [4.78, 5) is 12.3. The lowest BCUT2D eigenvalue weighted by atomic mass is 10.1. The first kappa shape index (κ1) is 41.4. The van der Waals surface area contributed by atoms with Crippen LogP contribution in [0.2, 0.25) is 0 Å². The van der Waals surface area contributed by atoms with Gasteiger partial charge < -0.3 is 15.5 Å². The SMILES string of the molecule is CCCCC/C=C\C=C/CCCCCCCCC(=O)NC(CO)C(O)/C=C/CC/C=C/CCCCCCCCCCCC. The van der Waals surface area contributed by atoms with Crippen molar-refractivity contribution >= 4 is 5.91 Å². The van der Waals surface area contributed by atoms with Gasteiger partial charge in [-0.3, -0.25) is 4.79 Å². The molecule has 4 heteroatoms. The average molecular weight is 602 g/mol. The van der Waals surface area contributed by atoms with Crippen molar-refractivity contribution in [2.24, 2.45) is 0 Å². The topological polar surface area (TPSA) is 69.6 Å². The normalized spacial score (nSPS) is 13.7. The molecule has 0 spiro atoms. The average Bonchev–Trinajstić information content (AvgIpc) is 3.01. The molecule has 3 N–H and O–H groups in total. The molecule has 43 heavy (non-hydrogen) atoms. The maximum Gasteiger partial charge on any atom is 0.220 e. The van der Waals surface area contributed by atoms with E-state index in [-0.39, 0.29) is 12.5 Å². The van der Waals surface area contributed by atoms with E-state index in [9.17, 15) is 15.0 Å². The number of carbonyl (C=O) groups excluding carboxylic acids is 1. The summed E-state index contributed by atoms with van der Waals surface area (Å²) in [6.07, 6.45) is 46.2. The standard InChI is InChI=1S/C39H71NO3/c1-3-5-7-9-11-13-15-17-19-21-22-24-26-28-30-32-34-38(42)37(36-41)40-39(43)35-33-31-29-27-25-23-20-18-16-14-12-10-8-6-4-2/h12,14,16,18,24,26,32,34,37-38,41-42H,3-11,13,15,17,19-23,25,27-31,33,35-36H2,1-2H3,(H,40,43)/b14-12-,18-16-,26-24+,34-32+. The second-order valence-corrected chi connectivity index (χ2v) is 12.3. The van der Waals surface area contributed by atoms with Gasteiger partial charge >= 0.3 is 0 Å². The number of aliphatic hydroxyl groups is 2. The van der Waals surface area contributed by atoms with Gasteiger partial charge in [0.05, 0.1) is 18.8 Å². The molecule has 0 aromatic rings. The van der Waals surface area contributed by atoms with Crippen molar-refractivity contribution in [3.05, 3.63) is 48.6 Å². The van der Waals surface area contributed by atoms with E-state index in [4.69, 9.17) is 0 Å². The van der Waals surface area contributed by atoms with Gasteiger partial charge in [-0.25, -0.2) is 0 Å². The number of allylic oxidation sites excluding steroid dienone is 7. The fourth-order valence-electron chi connectivity index (χ4n) is 5.18. The van der Waals surface area contributed by atoms with E-state index >= 15 is 0 Å². The predicted molar refractivity (Wildman–Crippen MR) is 188 cm³/mol. The molecule has 0 saturated heterocycles. The van der Waals surface area contributed by atoms with Gasteiger partial charge in [0.15, 0.2) is 0 Å². The van der Waals surface area contributed by atoms with Crippen LogP contribution < -0.4 is 5.32 Å². The fourth-order valence-corrected chi connectivity index (χ4v) is 5.18. The van der Waals surface area contributed by atoms with Crippen LogP contribution in [0.15, 0.2) is 48.6 Å². The van der Waals surface area contributed by atoms with E-state index in [1.54, 1.807) is 6.08 Å². The van der Waals surface area contributed by atoms with Crippen molar-refractivity contribution in [2.75, 3.05) is 6.61 Å². The highest BCUT2D eigenvalue weighted by atomic mass is 16.3. The van der Waals surface area contributed by atoms with Gasteiger partial charge in [-0.1, -0.05) is 159 Å². The Morgan fingerprint density at radius 1 is 0.558 bits per heavy atom. The maximum absolute atomic E-state index is 12.3. The zero-order chi connectivity index (χ0) is 31.5. The molecule has 250 valence electrons. The first-order chi connectivity index (χ1) is 21.2. The first-order valence-corrected chi connectivity index (χ1v) is 18.4. The minimum atomic E-state index is -0.866. The van der Waals surface area contributed by atoms with Gasteiger partial charge in [-0.05, 0) is 57.8 Å². The molecule has 0 bridgehead atoms. The molecule has 0 radical (unpaired) electrons. The van der Waals surface area contributed by atoms with Crippen LogP contribution in [-0.4, -0.2) is 34.9 Å². The van der Waals surface area contributed by atoms with Gasteiger partial charge in [0.1, 0.15) is 0 Å². The van der Waals surface area contributed by atoms with Gasteiger partial charge in [-0.2, -0.15) is 0 Å². The quantitative estimate of drug-likeness (QED) is 0.0408. The molecule has 4 nitrogen and oxygen atoms in total. The van der Waals surface area contributed by atoms with Gasteiger partial charge in [-0.15, -0.1) is 0 Å². The van der Waals surface area contributed by atoms with Crippen LogP contribution in [0.5, 0.6) is 0 Å². The van der Waals surface area contributed by atoms with Crippen molar-refractivity contribution in [3.8, 4) is 0 Å². The Bertz CT molecular complexity index is 697. The van der Waals surface area contributed by atoms with E-state index in [2.05, 4.69) is 55.6 Å². The molecule has 0 heterocycles. The number of hydrogen-bond donors (Lipinski definition) is 3. The van der Waals surface area contributed by atoms with Crippen molar-refractivity contribution in [3.63, 3.8) is 0 Å². The molecule has 0 aliphatic rings. The zero-order valence-corrected chi connectivity index (χ0v) is 28.5. The molecule has 0 aromatic heterocycles. The summed E-state index contributed by atoms with van der Waals surface area (Å²) < 4.78 is 0. The van der Waals surface area contributed by atoms with Crippen molar-refractivity contribution in [1.29, 1.82) is 0 Å². The van der Waals surface area contributed by atoms with Crippen LogP contribution in [0, 0.1) is 0 Å². The molecule has 2 unspecified atom stereocenters. The molecule has 0 fully saturated rings. The minimum absolute atomic E-state index is 0.0886. The second-order valence-electron chi connectivity index (χ2n) is 12.3. The summed E-state index contributed by atoms with van der Waals surface area (Å²) in [5.41, 5.74) is 0. The Balaban J connectivity index is 3.72. The molecule has 2 atom stereocenters. The van der Waals surface area contributed by atoms with Gasteiger partial charge in [0.25, 0.3) is 0 Å². The molecule has 0 rings (SSSR count). The molecule has 1 amide bonds. The lowest BCUT2D eigenvalue weighted by Crippen LogP contribution is -2.45. The highest BCUT2D eigenvalue weighted by Gasteiger charge is 2.17. The molecular formula is C39H71NO3. The Kier molecular flexibility index (Phi) is 33.5. The van der Waals surface area contributed by atoms with Gasteiger partial charge in [0, 0.05) is 6.42 Å². The molecule has 0 aromatic carbocycles. The minimum Gasteiger partial charge on any atom is -0.394 e. The van der Waals surface area contributed by atoms with E-state index < -0.39 is 12.1 Å². The van der Waals surface area contributed by atoms with Gasteiger partial charge in [0.2, 0.25) is 5.91 Å². The third-order valence-corrected chi connectivity index (χ3v) is 8.06. The third-order valence-electron chi connectivity index (χ3n) is 8.06. The summed E-state index contributed by atoms with van der Waals surface area (Å²) in [5, 5.41) is 22.8. The van der Waals surface area contributed by atoms with Crippen LogP contribution in [0.25, 0.3) is 0 Å². The number of aliphatic hydroxyl groups excluding tert-OH is 2. The molecule has 0 saturated carbocycles.